The van der Waals surface area contributed by atoms with Gasteiger partial charge in [0.25, 0.3) is 5.69 Å². The largest absolute Gasteiger partial charge is 0.454 e. The number of alkyl halides is 1. The van der Waals surface area contributed by atoms with Gasteiger partial charge in [0, 0.05) is 6.04 Å². The van der Waals surface area contributed by atoms with E-state index in [1.165, 1.54) is 12.1 Å². The minimum absolute atomic E-state index is 0. The number of fused-ring (bicyclic) bond motifs is 1. The van der Waals surface area contributed by atoms with Gasteiger partial charge in [-0.15, -0.1) is 12.4 Å². The molecule has 0 spiro atoms. The summed E-state index contributed by atoms with van der Waals surface area (Å²) in [5, 5.41) is 10.9. The Balaban J connectivity index is 0.00000162. The third kappa shape index (κ3) is 2.62. The van der Waals surface area contributed by atoms with Crippen LogP contribution in [0.1, 0.15) is 18.0 Å². The number of halogens is 2. The maximum Gasteiger partial charge on any atom is 0.278 e. The van der Waals surface area contributed by atoms with Gasteiger partial charge in [-0.25, -0.2) is 0 Å². The van der Waals surface area contributed by atoms with E-state index < -0.39 is 17.6 Å². The summed E-state index contributed by atoms with van der Waals surface area (Å²) in [4.78, 5) is 10.3. The van der Waals surface area contributed by atoms with Gasteiger partial charge in [-0.05, 0) is 12.5 Å². The topological polar surface area (TPSA) is 87.6 Å². The molecule has 2 rings (SSSR count). The smallest absolute Gasteiger partial charge is 0.278 e. The molecule has 100 valence electrons. The van der Waals surface area contributed by atoms with Crippen LogP contribution in [0.25, 0.3) is 0 Å². The zero-order chi connectivity index (χ0) is 12.4. The van der Waals surface area contributed by atoms with Crippen molar-refractivity contribution in [1.82, 2.24) is 0 Å². The summed E-state index contributed by atoms with van der Waals surface area (Å²) >= 11 is 0. The molecule has 1 heterocycles. The third-order valence-electron chi connectivity index (χ3n) is 2.54. The van der Waals surface area contributed by atoms with Gasteiger partial charge < -0.3 is 15.2 Å². The van der Waals surface area contributed by atoms with Gasteiger partial charge in [0.1, 0.15) is 0 Å². The van der Waals surface area contributed by atoms with E-state index in [9.17, 15) is 14.5 Å². The number of rotatable bonds is 4. The van der Waals surface area contributed by atoms with Crippen LogP contribution < -0.4 is 15.2 Å². The van der Waals surface area contributed by atoms with Crippen LogP contribution in [-0.4, -0.2) is 18.4 Å². The maximum absolute atomic E-state index is 12.2. The summed E-state index contributed by atoms with van der Waals surface area (Å²) in [6.45, 7) is -0.610. The molecule has 1 aliphatic heterocycles. The van der Waals surface area contributed by atoms with E-state index in [1.807, 2.05) is 0 Å². The molecule has 1 aliphatic rings. The molecule has 0 saturated heterocycles. The van der Waals surface area contributed by atoms with E-state index in [1.54, 1.807) is 0 Å². The second-order valence-corrected chi connectivity index (χ2v) is 3.61. The predicted octanol–water partition coefficient (Wildman–Crippen LogP) is 2.10. The first-order valence-corrected chi connectivity index (χ1v) is 5.03. The fourth-order valence-corrected chi connectivity index (χ4v) is 1.68. The Kier molecular flexibility index (Phi) is 4.69. The van der Waals surface area contributed by atoms with Crippen molar-refractivity contribution in [3.05, 3.63) is 27.8 Å². The van der Waals surface area contributed by atoms with Crippen molar-refractivity contribution in [3.8, 4) is 11.5 Å². The number of hydrogen-bond donors (Lipinski definition) is 1. The van der Waals surface area contributed by atoms with Crippen molar-refractivity contribution in [3.63, 3.8) is 0 Å². The first-order chi connectivity index (χ1) is 8.13. The Morgan fingerprint density at radius 2 is 2.06 bits per heavy atom. The Bertz CT molecular complexity index is 458. The van der Waals surface area contributed by atoms with Gasteiger partial charge in [0.2, 0.25) is 6.79 Å². The molecule has 0 amide bonds. The summed E-state index contributed by atoms with van der Waals surface area (Å²) in [6, 6.07) is 1.98. The molecule has 6 nitrogen and oxygen atoms in total. The predicted molar refractivity (Wildman–Crippen MR) is 64.0 cm³/mol. The van der Waals surface area contributed by atoms with E-state index in [4.69, 9.17) is 15.2 Å². The normalized spacial score (nSPS) is 13.9. The van der Waals surface area contributed by atoms with Crippen LogP contribution >= 0.6 is 12.4 Å². The number of nitrogens with two attached hydrogens (primary N) is 1. The zero-order valence-electron chi connectivity index (χ0n) is 9.30. The van der Waals surface area contributed by atoms with Gasteiger partial charge in [-0.3, -0.25) is 14.5 Å². The minimum Gasteiger partial charge on any atom is -0.454 e. The summed E-state index contributed by atoms with van der Waals surface area (Å²) in [5.74, 6) is 0.716. The zero-order valence-corrected chi connectivity index (χ0v) is 10.1. The van der Waals surface area contributed by atoms with Gasteiger partial charge in [-0.2, -0.15) is 0 Å². The molecule has 1 aromatic rings. The van der Waals surface area contributed by atoms with Crippen LogP contribution in [0.2, 0.25) is 0 Å². The van der Waals surface area contributed by atoms with Crippen molar-refractivity contribution in [2.75, 3.05) is 13.5 Å². The summed E-state index contributed by atoms with van der Waals surface area (Å²) in [7, 11) is 0. The summed E-state index contributed by atoms with van der Waals surface area (Å²) in [6.07, 6.45) is 0.0283. The molecule has 0 bridgehead atoms. The minimum atomic E-state index is -0.727. The number of ether oxygens (including phenoxy) is 2. The van der Waals surface area contributed by atoms with Crippen LogP contribution in [0.5, 0.6) is 11.5 Å². The first kappa shape index (κ1) is 14.5. The molecule has 0 aliphatic carbocycles. The molecule has 0 saturated carbocycles. The fraction of sp³-hybridized carbons (Fsp3) is 0.400. The molecule has 0 fully saturated rings. The number of hydrogen-bond acceptors (Lipinski definition) is 5. The Morgan fingerprint density at radius 1 is 1.44 bits per heavy atom. The molecule has 0 unspecified atom stereocenters. The summed E-state index contributed by atoms with van der Waals surface area (Å²) in [5.41, 5.74) is 5.79. The molecule has 8 heteroatoms. The van der Waals surface area contributed by atoms with Crippen molar-refractivity contribution in [2.24, 2.45) is 5.73 Å². The van der Waals surface area contributed by atoms with Crippen molar-refractivity contribution in [1.29, 1.82) is 0 Å². The average molecular weight is 279 g/mol. The fourth-order valence-electron chi connectivity index (χ4n) is 1.68. The standard InChI is InChI=1S/C10H11FN2O4.ClH/c11-2-1-7(12)6-3-9-10(17-5-16-9)4-8(6)13(14)15;/h3-4,7H,1-2,5,12H2;1H/t7-;/m0./s1. The highest BCUT2D eigenvalue weighted by Gasteiger charge is 2.26. The van der Waals surface area contributed by atoms with E-state index in [0.717, 1.165) is 0 Å². The summed E-state index contributed by atoms with van der Waals surface area (Å²) < 4.78 is 22.4. The number of nitrogens with zero attached hydrogens (tertiary/aromatic N) is 1. The van der Waals surface area contributed by atoms with Gasteiger partial charge in [0.05, 0.1) is 23.2 Å². The highest BCUT2D eigenvalue weighted by atomic mass is 35.5. The SMILES string of the molecule is Cl.N[C@@H](CCF)c1cc2c(cc1[N+](=O)[O-])OCO2. The Morgan fingerprint density at radius 3 is 2.61 bits per heavy atom. The average Bonchev–Trinajstić information content (AvgIpc) is 2.74. The van der Waals surface area contributed by atoms with Gasteiger partial charge >= 0.3 is 0 Å². The lowest BCUT2D eigenvalue weighted by atomic mass is 10.0. The van der Waals surface area contributed by atoms with Crippen LogP contribution in [0.3, 0.4) is 0 Å². The first-order valence-electron chi connectivity index (χ1n) is 5.03. The van der Waals surface area contributed by atoms with E-state index in [-0.39, 0.29) is 36.9 Å². The monoisotopic (exact) mass is 278 g/mol. The van der Waals surface area contributed by atoms with Gasteiger partial charge in [-0.1, -0.05) is 0 Å². The molecule has 18 heavy (non-hydrogen) atoms. The highest BCUT2D eigenvalue weighted by Crippen LogP contribution is 2.40. The lowest BCUT2D eigenvalue weighted by Crippen LogP contribution is -2.13. The van der Waals surface area contributed by atoms with Crippen molar-refractivity contribution < 1.29 is 18.8 Å². The lowest BCUT2D eigenvalue weighted by molar-refractivity contribution is -0.385. The van der Waals surface area contributed by atoms with Crippen LogP contribution in [0.4, 0.5) is 10.1 Å². The maximum atomic E-state index is 12.2. The van der Waals surface area contributed by atoms with Crippen molar-refractivity contribution >= 4 is 18.1 Å². The van der Waals surface area contributed by atoms with Crippen LogP contribution in [-0.2, 0) is 0 Å². The lowest BCUT2D eigenvalue weighted by Gasteiger charge is -2.11. The molecule has 0 aromatic heterocycles. The quantitative estimate of drug-likeness (QED) is 0.673. The molecule has 1 atom stereocenters. The molecule has 2 N–H and O–H groups in total. The third-order valence-corrected chi connectivity index (χ3v) is 2.54. The van der Waals surface area contributed by atoms with E-state index in [0.29, 0.717) is 11.5 Å². The molecule has 0 radical (unpaired) electrons. The van der Waals surface area contributed by atoms with Crippen molar-refractivity contribution in [2.45, 2.75) is 12.5 Å². The molecular formula is C10H12ClFN2O4. The van der Waals surface area contributed by atoms with E-state index >= 15 is 0 Å². The molecule has 1 aromatic carbocycles. The van der Waals surface area contributed by atoms with E-state index in [2.05, 4.69) is 0 Å². The highest BCUT2D eigenvalue weighted by molar-refractivity contribution is 5.85. The second-order valence-electron chi connectivity index (χ2n) is 3.61. The van der Waals surface area contributed by atoms with Crippen LogP contribution in [0.15, 0.2) is 12.1 Å². The second kappa shape index (κ2) is 5.83. The molecular weight excluding hydrogens is 267 g/mol. The number of nitro benzene ring substituents is 1. The Labute approximate surface area is 108 Å². The Hall–Kier alpha value is -1.60. The van der Waals surface area contributed by atoms with Gasteiger partial charge in [0.15, 0.2) is 11.5 Å². The number of benzene rings is 1. The number of nitro groups is 1. The van der Waals surface area contributed by atoms with Crippen LogP contribution in [0, 0.1) is 10.1 Å².